The van der Waals surface area contributed by atoms with Gasteiger partial charge in [0.15, 0.2) is 0 Å². The number of hydrogen-bond acceptors (Lipinski definition) is 4. The molecule has 0 aromatic carbocycles. The molecule has 1 aliphatic heterocycles. The Hall–Kier alpha value is -0.940. The maximum absolute atomic E-state index is 12.0. The lowest BCUT2D eigenvalue weighted by Gasteiger charge is -2.24. The summed E-state index contributed by atoms with van der Waals surface area (Å²) < 4.78 is 0. The van der Waals surface area contributed by atoms with Crippen molar-refractivity contribution >= 4 is 17.2 Å². The number of thiazole rings is 1. The van der Waals surface area contributed by atoms with Crippen LogP contribution in [0.4, 0.5) is 0 Å². The summed E-state index contributed by atoms with van der Waals surface area (Å²) in [5, 5.41) is 5.47. The number of rotatable bonds is 5. The van der Waals surface area contributed by atoms with Gasteiger partial charge < -0.3 is 10.2 Å². The largest absolute Gasteiger partial charge is 0.340 e. The highest BCUT2D eigenvalue weighted by molar-refractivity contribution is 7.07. The summed E-state index contributed by atoms with van der Waals surface area (Å²) in [5.74, 6) is 0.218. The van der Waals surface area contributed by atoms with Crippen molar-refractivity contribution < 1.29 is 4.79 Å². The predicted octanol–water partition coefficient (Wildman–Crippen LogP) is 2.02. The van der Waals surface area contributed by atoms with E-state index in [-0.39, 0.29) is 5.91 Å². The van der Waals surface area contributed by atoms with Crippen LogP contribution in [0.15, 0.2) is 10.9 Å². The zero-order valence-electron chi connectivity index (χ0n) is 10.9. The van der Waals surface area contributed by atoms with Gasteiger partial charge in [0.05, 0.1) is 17.7 Å². The molecule has 2 rings (SSSR count). The standard InChI is InChI=1S/C13H21N3OS/c1-16(8-12-9-18-10-15-12)13(17)6-5-11-4-2-3-7-14-11/h9-11,14H,2-8H2,1H3. The SMILES string of the molecule is CN(Cc1cscn1)C(=O)CCC1CCCCN1. The van der Waals surface area contributed by atoms with E-state index in [9.17, 15) is 4.79 Å². The molecule has 0 bridgehead atoms. The van der Waals surface area contributed by atoms with E-state index in [1.165, 1.54) is 19.3 Å². The van der Waals surface area contributed by atoms with Gasteiger partial charge >= 0.3 is 0 Å². The van der Waals surface area contributed by atoms with E-state index in [0.29, 0.717) is 19.0 Å². The van der Waals surface area contributed by atoms with Crippen molar-refractivity contribution in [3.63, 3.8) is 0 Å². The Morgan fingerprint density at radius 2 is 2.50 bits per heavy atom. The quantitative estimate of drug-likeness (QED) is 0.888. The van der Waals surface area contributed by atoms with Gasteiger partial charge in [-0.2, -0.15) is 0 Å². The number of piperidine rings is 1. The van der Waals surface area contributed by atoms with Crippen LogP contribution in [-0.2, 0) is 11.3 Å². The lowest BCUT2D eigenvalue weighted by molar-refractivity contribution is -0.130. The van der Waals surface area contributed by atoms with Crippen molar-refractivity contribution in [2.45, 2.75) is 44.7 Å². The molecule has 0 saturated carbocycles. The first-order chi connectivity index (χ1) is 8.75. The molecule has 1 saturated heterocycles. The van der Waals surface area contributed by atoms with E-state index in [4.69, 9.17) is 0 Å². The molecule has 1 fully saturated rings. The molecule has 100 valence electrons. The van der Waals surface area contributed by atoms with Crippen LogP contribution in [0.1, 0.15) is 37.8 Å². The van der Waals surface area contributed by atoms with Gasteiger partial charge in [0.25, 0.3) is 0 Å². The third kappa shape index (κ3) is 4.07. The van der Waals surface area contributed by atoms with Crippen LogP contribution in [-0.4, -0.2) is 35.4 Å². The van der Waals surface area contributed by atoms with Crippen molar-refractivity contribution in [2.75, 3.05) is 13.6 Å². The third-order valence-electron chi connectivity index (χ3n) is 3.43. The zero-order valence-corrected chi connectivity index (χ0v) is 11.7. The van der Waals surface area contributed by atoms with E-state index in [0.717, 1.165) is 18.7 Å². The van der Waals surface area contributed by atoms with Crippen LogP contribution in [0.25, 0.3) is 0 Å². The number of nitrogens with one attached hydrogen (secondary N) is 1. The summed E-state index contributed by atoms with van der Waals surface area (Å²) in [6.07, 6.45) is 5.37. The number of aromatic nitrogens is 1. The van der Waals surface area contributed by atoms with Crippen LogP contribution in [0.3, 0.4) is 0 Å². The van der Waals surface area contributed by atoms with Crippen LogP contribution < -0.4 is 5.32 Å². The van der Waals surface area contributed by atoms with Gasteiger partial charge in [-0.15, -0.1) is 11.3 Å². The van der Waals surface area contributed by atoms with Crippen LogP contribution in [0.5, 0.6) is 0 Å². The van der Waals surface area contributed by atoms with Crippen molar-refractivity contribution in [3.8, 4) is 0 Å². The van der Waals surface area contributed by atoms with Gasteiger partial charge in [-0.1, -0.05) is 6.42 Å². The molecule has 1 atom stereocenters. The number of carbonyl (C=O) groups excluding carboxylic acids is 1. The summed E-state index contributed by atoms with van der Waals surface area (Å²) in [7, 11) is 1.86. The lowest BCUT2D eigenvalue weighted by Crippen LogP contribution is -2.35. The topological polar surface area (TPSA) is 45.2 Å². The van der Waals surface area contributed by atoms with Gasteiger partial charge in [-0.3, -0.25) is 4.79 Å². The second kappa shape index (κ2) is 6.85. The molecule has 1 aromatic heterocycles. The summed E-state index contributed by atoms with van der Waals surface area (Å²) in [6, 6.07) is 0.537. The second-order valence-corrected chi connectivity index (χ2v) is 5.63. The third-order valence-corrected chi connectivity index (χ3v) is 4.06. The van der Waals surface area contributed by atoms with E-state index in [1.807, 2.05) is 12.4 Å². The normalized spacial score (nSPS) is 19.7. The Bertz CT molecular complexity index is 360. The Kier molecular flexibility index (Phi) is 5.13. The molecule has 0 aliphatic carbocycles. The fraction of sp³-hybridized carbons (Fsp3) is 0.692. The zero-order chi connectivity index (χ0) is 12.8. The number of carbonyl (C=O) groups is 1. The fourth-order valence-electron chi connectivity index (χ4n) is 2.31. The minimum atomic E-state index is 0.218. The van der Waals surface area contributed by atoms with Crippen molar-refractivity contribution in [2.24, 2.45) is 0 Å². The van der Waals surface area contributed by atoms with E-state index in [1.54, 1.807) is 21.7 Å². The van der Waals surface area contributed by atoms with E-state index < -0.39 is 0 Å². The second-order valence-electron chi connectivity index (χ2n) is 4.92. The Labute approximate surface area is 112 Å². The smallest absolute Gasteiger partial charge is 0.222 e. The van der Waals surface area contributed by atoms with E-state index >= 15 is 0 Å². The van der Waals surface area contributed by atoms with E-state index in [2.05, 4.69) is 10.3 Å². The molecule has 1 aromatic rings. The summed E-state index contributed by atoms with van der Waals surface area (Å²) in [4.78, 5) is 18.0. The van der Waals surface area contributed by atoms with Gasteiger partial charge in [0.1, 0.15) is 0 Å². The van der Waals surface area contributed by atoms with Gasteiger partial charge in [0.2, 0.25) is 5.91 Å². The predicted molar refractivity (Wildman–Crippen MR) is 73.5 cm³/mol. The Morgan fingerprint density at radius 1 is 1.61 bits per heavy atom. The first kappa shape index (κ1) is 13.5. The summed E-state index contributed by atoms with van der Waals surface area (Å²) >= 11 is 1.57. The molecule has 0 spiro atoms. The average molecular weight is 267 g/mol. The van der Waals surface area contributed by atoms with Crippen LogP contribution in [0, 0.1) is 0 Å². The highest BCUT2D eigenvalue weighted by Crippen LogP contribution is 2.13. The monoisotopic (exact) mass is 267 g/mol. The molecule has 1 amide bonds. The minimum absolute atomic E-state index is 0.218. The Balaban J connectivity index is 1.70. The summed E-state index contributed by atoms with van der Waals surface area (Å²) in [6.45, 7) is 1.73. The first-order valence-corrected chi connectivity index (χ1v) is 7.54. The molecular formula is C13H21N3OS. The molecule has 5 heteroatoms. The van der Waals surface area contributed by atoms with Crippen molar-refractivity contribution in [3.05, 3.63) is 16.6 Å². The number of amides is 1. The molecule has 1 aliphatic rings. The molecular weight excluding hydrogens is 246 g/mol. The molecule has 1 unspecified atom stereocenters. The van der Waals surface area contributed by atoms with Crippen molar-refractivity contribution in [1.82, 2.24) is 15.2 Å². The Morgan fingerprint density at radius 3 is 3.17 bits per heavy atom. The first-order valence-electron chi connectivity index (χ1n) is 6.60. The number of hydrogen-bond donors (Lipinski definition) is 1. The van der Waals surface area contributed by atoms with Crippen LogP contribution in [0.2, 0.25) is 0 Å². The fourth-order valence-corrected chi connectivity index (χ4v) is 2.86. The van der Waals surface area contributed by atoms with Crippen molar-refractivity contribution in [1.29, 1.82) is 0 Å². The number of nitrogens with zero attached hydrogens (tertiary/aromatic N) is 2. The molecule has 1 N–H and O–H groups in total. The molecule has 18 heavy (non-hydrogen) atoms. The highest BCUT2D eigenvalue weighted by Gasteiger charge is 2.16. The van der Waals surface area contributed by atoms with Crippen LogP contribution >= 0.6 is 11.3 Å². The van der Waals surface area contributed by atoms with Gasteiger partial charge in [-0.05, 0) is 25.8 Å². The summed E-state index contributed by atoms with van der Waals surface area (Å²) in [5.41, 5.74) is 2.78. The molecule has 0 radical (unpaired) electrons. The van der Waals surface area contributed by atoms with Gasteiger partial charge in [-0.25, -0.2) is 4.98 Å². The van der Waals surface area contributed by atoms with Gasteiger partial charge in [0, 0.05) is 24.9 Å². The molecule has 2 heterocycles. The molecule has 4 nitrogen and oxygen atoms in total. The lowest BCUT2D eigenvalue weighted by atomic mass is 10.0. The maximum atomic E-state index is 12.0. The average Bonchev–Trinajstić information content (AvgIpc) is 2.90. The highest BCUT2D eigenvalue weighted by atomic mass is 32.1. The maximum Gasteiger partial charge on any atom is 0.222 e. The minimum Gasteiger partial charge on any atom is -0.340 e.